The number of aliphatic carboxylic acids is 1. The van der Waals surface area contributed by atoms with Crippen LogP contribution in [0.4, 0.5) is 8.78 Å². The Hall–Kier alpha value is -2.27. The van der Waals surface area contributed by atoms with Crippen molar-refractivity contribution in [2.45, 2.75) is 19.0 Å². The van der Waals surface area contributed by atoms with Gasteiger partial charge in [-0.15, -0.1) is 0 Å². The largest absolute Gasteiger partial charge is 0.480 e. The lowest BCUT2D eigenvalue weighted by Crippen LogP contribution is -2.31. The van der Waals surface area contributed by atoms with Crippen molar-refractivity contribution in [2.24, 2.45) is 0 Å². The summed E-state index contributed by atoms with van der Waals surface area (Å²) in [5.41, 5.74) is 0.790. The van der Waals surface area contributed by atoms with Crippen molar-refractivity contribution in [3.8, 4) is 0 Å². The predicted molar refractivity (Wildman–Crippen MR) is 74.7 cm³/mol. The van der Waals surface area contributed by atoms with Crippen LogP contribution in [0.1, 0.15) is 30.1 Å². The van der Waals surface area contributed by atoms with E-state index in [9.17, 15) is 18.7 Å². The highest BCUT2D eigenvalue weighted by molar-refractivity contribution is 5.75. The van der Waals surface area contributed by atoms with E-state index >= 15 is 0 Å². The van der Waals surface area contributed by atoms with Crippen LogP contribution >= 0.6 is 0 Å². The molecule has 2 aromatic carbocycles. The van der Waals surface area contributed by atoms with Crippen LogP contribution in [0.5, 0.6) is 0 Å². The van der Waals surface area contributed by atoms with Crippen molar-refractivity contribution < 1.29 is 18.7 Å². The zero-order valence-electron chi connectivity index (χ0n) is 11.4. The smallest absolute Gasteiger partial charge is 0.325 e. The summed E-state index contributed by atoms with van der Waals surface area (Å²) in [6.07, 6.45) is 0. The third-order valence-corrected chi connectivity index (χ3v) is 3.23. The first kappa shape index (κ1) is 15.1. The summed E-state index contributed by atoms with van der Waals surface area (Å²) in [7, 11) is 0. The first-order chi connectivity index (χ1) is 9.99. The number of carbonyl (C=O) groups is 1. The van der Waals surface area contributed by atoms with Crippen molar-refractivity contribution in [3.63, 3.8) is 0 Å². The normalized spacial score (nSPS) is 13.7. The number of hydrogen-bond acceptors (Lipinski definition) is 2. The van der Waals surface area contributed by atoms with Gasteiger partial charge in [-0.3, -0.25) is 10.1 Å². The molecule has 0 aliphatic heterocycles. The Morgan fingerprint density at radius 3 is 2.38 bits per heavy atom. The summed E-state index contributed by atoms with van der Waals surface area (Å²) in [4.78, 5) is 11.4. The van der Waals surface area contributed by atoms with Crippen LogP contribution in [0.25, 0.3) is 0 Å². The fraction of sp³-hybridized carbons (Fsp3) is 0.188. The molecule has 0 spiro atoms. The van der Waals surface area contributed by atoms with E-state index in [0.29, 0.717) is 5.56 Å². The fourth-order valence-corrected chi connectivity index (χ4v) is 2.15. The van der Waals surface area contributed by atoms with E-state index in [0.717, 1.165) is 12.1 Å². The van der Waals surface area contributed by atoms with E-state index in [1.807, 2.05) is 0 Å². The lowest BCUT2D eigenvalue weighted by Gasteiger charge is -2.21. The molecule has 0 aliphatic carbocycles. The highest BCUT2D eigenvalue weighted by Gasteiger charge is 2.23. The summed E-state index contributed by atoms with van der Waals surface area (Å²) >= 11 is 0. The number of carboxylic acid groups (broad SMARTS) is 1. The Balaban J connectivity index is 2.23. The molecule has 0 saturated heterocycles. The van der Waals surface area contributed by atoms with E-state index in [4.69, 9.17) is 0 Å². The number of hydrogen-bond donors (Lipinski definition) is 2. The molecule has 2 N–H and O–H groups in total. The van der Waals surface area contributed by atoms with Crippen LogP contribution in [0.3, 0.4) is 0 Å². The molecule has 0 heterocycles. The predicted octanol–water partition coefficient (Wildman–Crippen LogP) is 3.44. The van der Waals surface area contributed by atoms with Gasteiger partial charge in [-0.1, -0.05) is 36.4 Å². The van der Waals surface area contributed by atoms with Gasteiger partial charge in [0.1, 0.15) is 17.7 Å². The number of benzene rings is 2. The van der Waals surface area contributed by atoms with Gasteiger partial charge in [0, 0.05) is 17.7 Å². The Kier molecular flexibility index (Phi) is 4.65. The summed E-state index contributed by atoms with van der Waals surface area (Å²) in [5, 5.41) is 12.2. The van der Waals surface area contributed by atoms with E-state index < -0.39 is 29.7 Å². The standard InChI is InChI=1S/C16H15F2NO2/c1-10(13-8-7-12(17)9-14(13)18)19-15(16(20)21)11-5-3-2-4-6-11/h2-10,15,19H,1H3,(H,20,21). The third kappa shape index (κ3) is 3.64. The van der Waals surface area contributed by atoms with Crippen molar-refractivity contribution in [3.05, 3.63) is 71.3 Å². The maximum atomic E-state index is 13.7. The second-order valence-corrected chi connectivity index (χ2v) is 4.74. The molecule has 2 atom stereocenters. The molecule has 2 unspecified atom stereocenters. The maximum absolute atomic E-state index is 13.7. The number of nitrogens with one attached hydrogen (secondary N) is 1. The second-order valence-electron chi connectivity index (χ2n) is 4.74. The monoisotopic (exact) mass is 291 g/mol. The van der Waals surface area contributed by atoms with Gasteiger partial charge in [0.2, 0.25) is 0 Å². The van der Waals surface area contributed by atoms with Crippen LogP contribution in [0, 0.1) is 11.6 Å². The summed E-state index contributed by atoms with van der Waals surface area (Å²) < 4.78 is 26.6. The summed E-state index contributed by atoms with van der Waals surface area (Å²) in [6, 6.07) is 10.3. The number of halogens is 2. The average molecular weight is 291 g/mol. The van der Waals surface area contributed by atoms with Crippen molar-refractivity contribution >= 4 is 5.97 Å². The molecule has 0 saturated carbocycles. The van der Waals surface area contributed by atoms with Crippen LogP contribution in [0.2, 0.25) is 0 Å². The highest BCUT2D eigenvalue weighted by Crippen LogP contribution is 2.22. The third-order valence-electron chi connectivity index (χ3n) is 3.23. The molecule has 0 bridgehead atoms. The van der Waals surface area contributed by atoms with Gasteiger partial charge >= 0.3 is 5.97 Å². The molecule has 2 rings (SSSR count). The number of rotatable bonds is 5. The highest BCUT2D eigenvalue weighted by atomic mass is 19.1. The van der Waals surface area contributed by atoms with Crippen LogP contribution < -0.4 is 5.32 Å². The minimum absolute atomic E-state index is 0.221. The molecule has 0 aliphatic rings. The van der Waals surface area contributed by atoms with Gasteiger partial charge in [0.05, 0.1) is 0 Å². The van der Waals surface area contributed by atoms with Crippen LogP contribution in [-0.4, -0.2) is 11.1 Å². The SMILES string of the molecule is CC(NC(C(=O)O)c1ccccc1)c1ccc(F)cc1F. The van der Waals surface area contributed by atoms with Gasteiger partial charge in [-0.25, -0.2) is 8.78 Å². The van der Waals surface area contributed by atoms with Gasteiger partial charge < -0.3 is 5.11 Å². The molecule has 0 aromatic heterocycles. The van der Waals surface area contributed by atoms with Gasteiger partial charge in [0.15, 0.2) is 0 Å². The van der Waals surface area contributed by atoms with Crippen LogP contribution in [-0.2, 0) is 4.79 Å². The van der Waals surface area contributed by atoms with E-state index in [1.165, 1.54) is 6.07 Å². The van der Waals surface area contributed by atoms with E-state index in [1.54, 1.807) is 37.3 Å². The molecule has 0 amide bonds. The first-order valence-corrected chi connectivity index (χ1v) is 6.48. The molecule has 21 heavy (non-hydrogen) atoms. The lowest BCUT2D eigenvalue weighted by atomic mass is 10.0. The summed E-state index contributed by atoms with van der Waals surface area (Å²) in [6.45, 7) is 1.63. The summed E-state index contributed by atoms with van der Waals surface area (Å²) in [5.74, 6) is -2.43. The molecule has 110 valence electrons. The minimum atomic E-state index is -1.06. The van der Waals surface area contributed by atoms with Crippen LogP contribution in [0.15, 0.2) is 48.5 Å². The Labute approximate surface area is 121 Å². The molecular formula is C16H15F2NO2. The maximum Gasteiger partial charge on any atom is 0.325 e. The van der Waals surface area contributed by atoms with Crippen molar-refractivity contribution in [2.75, 3.05) is 0 Å². The molecule has 5 heteroatoms. The molecule has 2 aromatic rings. The first-order valence-electron chi connectivity index (χ1n) is 6.48. The topological polar surface area (TPSA) is 49.3 Å². The Morgan fingerprint density at radius 1 is 1.14 bits per heavy atom. The van der Waals surface area contributed by atoms with Crippen molar-refractivity contribution in [1.82, 2.24) is 5.32 Å². The number of carboxylic acids is 1. The quantitative estimate of drug-likeness (QED) is 0.887. The molecular weight excluding hydrogens is 276 g/mol. The Bertz CT molecular complexity index is 631. The fourth-order valence-electron chi connectivity index (χ4n) is 2.15. The Morgan fingerprint density at radius 2 is 1.81 bits per heavy atom. The van der Waals surface area contributed by atoms with Gasteiger partial charge in [-0.2, -0.15) is 0 Å². The molecule has 3 nitrogen and oxygen atoms in total. The second kappa shape index (κ2) is 6.45. The van der Waals surface area contributed by atoms with E-state index in [-0.39, 0.29) is 5.56 Å². The molecule has 0 fully saturated rings. The molecule has 0 radical (unpaired) electrons. The van der Waals surface area contributed by atoms with E-state index in [2.05, 4.69) is 5.32 Å². The van der Waals surface area contributed by atoms with Gasteiger partial charge in [-0.05, 0) is 18.6 Å². The zero-order valence-corrected chi connectivity index (χ0v) is 11.4. The minimum Gasteiger partial charge on any atom is -0.480 e. The van der Waals surface area contributed by atoms with Crippen molar-refractivity contribution in [1.29, 1.82) is 0 Å². The van der Waals surface area contributed by atoms with Gasteiger partial charge in [0.25, 0.3) is 0 Å². The zero-order chi connectivity index (χ0) is 15.4. The average Bonchev–Trinajstić information content (AvgIpc) is 2.45. The lowest BCUT2D eigenvalue weighted by molar-refractivity contribution is -0.139.